The smallest absolute Gasteiger partial charge is 0.222 e. The van der Waals surface area contributed by atoms with E-state index in [9.17, 15) is 4.79 Å². The van der Waals surface area contributed by atoms with Crippen LogP contribution in [-0.4, -0.2) is 36.6 Å². The number of nitrogens with zero attached hydrogens (tertiary/aromatic N) is 1. The van der Waals surface area contributed by atoms with Crippen LogP contribution in [0, 0.1) is 5.92 Å². The van der Waals surface area contributed by atoms with Crippen LogP contribution in [0.25, 0.3) is 0 Å². The predicted octanol–water partition coefficient (Wildman–Crippen LogP) is 2.06. The highest BCUT2D eigenvalue weighted by Gasteiger charge is 2.21. The zero-order valence-corrected chi connectivity index (χ0v) is 10.2. The van der Waals surface area contributed by atoms with Gasteiger partial charge in [0.05, 0.1) is 6.10 Å². The minimum absolute atomic E-state index is 0.290. The monoisotopic (exact) mass is 213 g/mol. The van der Waals surface area contributed by atoms with Gasteiger partial charge in [-0.15, -0.1) is 0 Å². The fraction of sp³-hybridized carbons (Fsp3) is 0.917. The van der Waals surface area contributed by atoms with Gasteiger partial charge in [-0.2, -0.15) is 0 Å². The van der Waals surface area contributed by atoms with Crippen molar-refractivity contribution in [3.63, 3.8) is 0 Å². The molecule has 0 spiro atoms. The molecule has 15 heavy (non-hydrogen) atoms. The Balaban J connectivity index is 2.21. The van der Waals surface area contributed by atoms with Crippen molar-refractivity contribution in [1.82, 2.24) is 4.90 Å². The molecule has 3 heteroatoms. The van der Waals surface area contributed by atoms with E-state index in [0.29, 0.717) is 24.3 Å². The zero-order valence-electron chi connectivity index (χ0n) is 10.2. The summed E-state index contributed by atoms with van der Waals surface area (Å²) in [5.41, 5.74) is 0. The fourth-order valence-corrected chi connectivity index (χ4v) is 1.90. The molecule has 3 nitrogen and oxygen atoms in total. The molecule has 0 aliphatic carbocycles. The third kappa shape index (κ3) is 4.20. The van der Waals surface area contributed by atoms with E-state index in [1.165, 1.54) is 0 Å². The summed E-state index contributed by atoms with van der Waals surface area (Å²) in [4.78, 5) is 13.4. The van der Waals surface area contributed by atoms with Crippen LogP contribution in [-0.2, 0) is 9.53 Å². The number of carbonyl (C=O) groups is 1. The zero-order chi connectivity index (χ0) is 11.3. The van der Waals surface area contributed by atoms with Gasteiger partial charge in [0.2, 0.25) is 5.91 Å². The molecule has 1 rings (SSSR count). The third-order valence-electron chi connectivity index (χ3n) is 2.93. The summed E-state index contributed by atoms with van der Waals surface area (Å²) in [7, 11) is 0. The lowest BCUT2D eigenvalue weighted by Crippen LogP contribution is -2.39. The fourth-order valence-electron chi connectivity index (χ4n) is 1.90. The molecule has 1 fully saturated rings. The van der Waals surface area contributed by atoms with Gasteiger partial charge in [-0.25, -0.2) is 0 Å². The predicted molar refractivity (Wildman–Crippen MR) is 60.7 cm³/mol. The quantitative estimate of drug-likeness (QED) is 0.715. The van der Waals surface area contributed by atoms with E-state index < -0.39 is 0 Å². The molecule has 1 aliphatic heterocycles. The van der Waals surface area contributed by atoms with Gasteiger partial charge in [0, 0.05) is 26.1 Å². The Labute approximate surface area is 92.8 Å². The number of likely N-dealkylation sites (tertiary alicyclic amines) is 1. The van der Waals surface area contributed by atoms with Gasteiger partial charge in [0.1, 0.15) is 0 Å². The summed E-state index contributed by atoms with van der Waals surface area (Å²) in [6, 6.07) is 0. The van der Waals surface area contributed by atoms with E-state index in [2.05, 4.69) is 13.8 Å². The largest absolute Gasteiger partial charge is 0.379 e. The summed E-state index contributed by atoms with van der Waals surface area (Å²) in [5.74, 6) is 0.937. The normalized spacial score (nSPS) is 18.5. The molecule has 0 atom stereocenters. The van der Waals surface area contributed by atoms with Crippen molar-refractivity contribution in [3.8, 4) is 0 Å². The molecule has 1 aliphatic rings. The molecule has 88 valence electrons. The Kier molecular flexibility index (Phi) is 5.09. The van der Waals surface area contributed by atoms with Crippen molar-refractivity contribution in [1.29, 1.82) is 0 Å². The maximum absolute atomic E-state index is 11.4. The van der Waals surface area contributed by atoms with Crippen molar-refractivity contribution in [3.05, 3.63) is 0 Å². The summed E-state index contributed by atoms with van der Waals surface area (Å²) >= 11 is 0. The van der Waals surface area contributed by atoms with Gasteiger partial charge in [-0.3, -0.25) is 4.79 Å². The topological polar surface area (TPSA) is 29.5 Å². The van der Waals surface area contributed by atoms with Crippen molar-refractivity contribution in [2.45, 2.75) is 46.1 Å². The Morgan fingerprint density at radius 2 is 2.00 bits per heavy atom. The SMILES string of the molecule is CCC(=O)N1CCC(COC(C)C)CC1. The lowest BCUT2D eigenvalue weighted by Gasteiger charge is -2.32. The highest BCUT2D eigenvalue weighted by atomic mass is 16.5. The van der Waals surface area contributed by atoms with Gasteiger partial charge < -0.3 is 9.64 Å². The van der Waals surface area contributed by atoms with E-state index >= 15 is 0 Å². The number of carbonyl (C=O) groups excluding carboxylic acids is 1. The highest BCUT2D eigenvalue weighted by Crippen LogP contribution is 2.18. The molecule has 0 saturated carbocycles. The van der Waals surface area contributed by atoms with Crippen LogP contribution in [0.4, 0.5) is 0 Å². The molecule has 0 aromatic heterocycles. The molecule has 1 heterocycles. The Morgan fingerprint density at radius 1 is 1.40 bits per heavy atom. The molecule has 0 aromatic carbocycles. The molecular weight excluding hydrogens is 190 g/mol. The molecule has 0 N–H and O–H groups in total. The standard InChI is InChI=1S/C12H23NO2/c1-4-12(14)13-7-5-11(6-8-13)9-15-10(2)3/h10-11H,4-9H2,1-3H3. The minimum Gasteiger partial charge on any atom is -0.379 e. The van der Waals surface area contributed by atoms with Crippen LogP contribution in [0.1, 0.15) is 40.0 Å². The molecule has 1 saturated heterocycles. The first-order chi connectivity index (χ1) is 7.13. The minimum atomic E-state index is 0.290. The van der Waals surface area contributed by atoms with Crippen molar-refractivity contribution < 1.29 is 9.53 Å². The summed E-state index contributed by atoms with van der Waals surface area (Å²) in [6.07, 6.45) is 3.14. The van der Waals surface area contributed by atoms with Gasteiger partial charge >= 0.3 is 0 Å². The van der Waals surface area contributed by atoms with Gasteiger partial charge in [0.15, 0.2) is 0 Å². The average Bonchev–Trinajstić information content (AvgIpc) is 2.26. The van der Waals surface area contributed by atoms with Crippen molar-refractivity contribution in [2.24, 2.45) is 5.92 Å². The first-order valence-corrected chi connectivity index (χ1v) is 6.02. The molecule has 0 bridgehead atoms. The molecule has 0 radical (unpaired) electrons. The van der Waals surface area contributed by atoms with E-state index in [1.54, 1.807) is 0 Å². The lowest BCUT2D eigenvalue weighted by atomic mass is 9.97. The van der Waals surface area contributed by atoms with Crippen molar-refractivity contribution >= 4 is 5.91 Å². The second kappa shape index (κ2) is 6.11. The highest BCUT2D eigenvalue weighted by molar-refractivity contribution is 5.75. The Hall–Kier alpha value is -0.570. The number of ether oxygens (including phenoxy) is 1. The van der Waals surface area contributed by atoms with Crippen LogP contribution in [0.5, 0.6) is 0 Å². The van der Waals surface area contributed by atoms with Crippen LogP contribution in [0.2, 0.25) is 0 Å². The van der Waals surface area contributed by atoms with E-state index in [-0.39, 0.29) is 0 Å². The molecule has 0 unspecified atom stereocenters. The van der Waals surface area contributed by atoms with Crippen LogP contribution in [0.3, 0.4) is 0 Å². The van der Waals surface area contributed by atoms with Crippen molar-refractivity contribution in [2.75, 3.05) is 19.7 Å². The summed E-state index contributed by atoms with van der Waals surface area (Å²) in [5, 5.41) is 0. The maximum Gasteiger partial charge on any atom is 0.222 e. The molecule has 1 amide bonds. The third-order valence-corrected chi connectivity index (χ3v) is 2.93. The van der Waals surface area contributed by atoms with Crippen LogP contribution < -0.4 is 0 Å². The number of rotatable bonds is 4. The summed E-state index contributed by atoms with van der Waals surface area (Å²) in [6.45, 7) is 8.74. The molecular formula is C12H23NO2. The lowest BCUT2D eigenvalue weighted by molar-refractivity contribution is -0.132. The first-order valence-electron chi connectivity index (χ1n) is 6.02. The Bertz CT molecular complexity index is 196. The van der Waals surface area contributed by atoms with Gasteiger partial charge in [-0.1, -0.05) is 6.92 Å². The first kappa shape index (κ1) is 12.5. The van der Waals surface area contributed by atoms with Crippen LogP contribution >= 0.6 is 0 Å². The maximum atomic E-state index is 11.4. The van der Waals surface area contributed by atoms with Gasteiger partial charge in [-0.05, 0) is 32.6 Å². The average molecular weight is 213 g/mol. The second-order valence-corrected chi connectivity index (χ2v) is 4.56. The van der Waals surface area contributed by atoms with E-state index in [4.69, 9.17) is 4.74 Å². The molecule has 0 aromatic rings. The van der Waals surface area contributed by atoms with E-state index in [1.807, 2.05) is 11.8 Å². The number of piperidine rings is 1. The van der Waals surface area contributed by atoms with Crippen LogP contribution in [0.15, 0.2) is 0 Å². The van der Waals surface area contributed by atoms with E-state index in [0.717, 1.165) is 32.5 Å². The van der Waals surface area contributed by atoms with Gasteiger partial charge in [0.25, 0.3) is 0 Å². The number of hydrogen-bond donors (Lipinski definition) is 0. The number of amides is 1. The number of hydrogen-bond acceptors (Lipinski definition) is 2. The summed E-state index contributed by atoms with van der Waals surface area (Å²) < 4.78 is 5.60. The Morgan fingerprint density at radius 3 is 2.47 bits per heavy atom. The second-order valence-electron chi connectivity index (χ2n) is 4.56.